The second-order valence-electron chi connectivity index (χ2n) is 5.64. The molecule has 24 heavy (non-hydrogen) atoms. The molecule has 4 rings (SSSR count). The Morgan fingerprint density at radius 3 is 2.21 bits per heavy atom. The van der Waals surface area contributed by atoms with E-state index in [1.165, 1.54) is 0 Å². The smallest absolute Gasteiger partial charge is 0.162 e. The molecule has 4 aromatic rings. The molecule has 0 saturated carbocycles. The van der Waals surface area contributed by atoms with Gasteiger partial charge < -0.3 is 0 Å². The predicted molar refractivity (Wildman–Crippen MR) is 93.9 cm³/mol. The summed E-state index contributed by atoms with van der Waals surface area (Å²) in [4.78, 5) is 13.0. The molecule has 0 fully saturated rings. The zero-order valence-electron chi connectivity index (χ0n) is 13.2. The van der Waals surface area contributed by atoms with E-state index >= 15 is 0 Å². The van der Waals surface area contributed by atoms with Crippen LogP contribution in [0.5, 0.6) is 0 Å². The first kappa shape index (κ1) is 14.8. The van der Waals surface area contributed by atoms with Crippen molar-refractivity contribution < 1.29 is 0 Å². The first-order valence-electron chi connectivity index (χ1n) is 7.51. The molecule has 4 aromatic heterocycles. The van der Waals surface area contributed by atoms with Crippen molar-refractivity contribution in [2.45, 2.75) is 13.8 Å². The molecule has 6 heteroatoms. The van der Waals surface area contributed by atoms with Gasteiger partial charge in [-0.1, -0.05) is 11.6 Å². The lowest BCUT2D eigenvalue weighted by Gasteiger charge is -2.09. The first-order valence-corrected chi connectivity index (χ1v) is 7.89. The molecule has 0 aliphatic carbocycles. The summed E-state index contributed by atoms with van der Waals surface area (Å²) >= 11 is 6.29. The normalized spacial score (nSPS) is 11.1. The van der Waals surface area contributed by atoms with E-state index < -0.39 is 0 Å². The number of aryl methyl sites for hydroxylation is 2. The topological polar surface area (TPSA) is 56.0 Å². The van der Waals surface area contributed by atoms with Crippen LogP contribution >= 0.6 is 11.6 Å². The van der Waals surface area contributed by atoms with E-state index in [1.54, 1.807) is 23.1 Å². The van der Waals surface area contributed by atoms with Crippen LogP contribution in [0, 0.1) is 13.8 Å². The average molecular weight is 336 g/mol. The minimum atomic E-state index is 0.404. The van der Waals surface area contributed by atoms with Crippen LogP contribution in [0.3, 0.4) is 0 Å². The third-order valence-corrected chi connectivity index (χ3v) is 4.27. The minimum absolute atomic E-state index is 0.404. The summed E-state index contributed by atoms with van der Waals surface area (Å²) in [5.74, 6) is 0. The molecule has 4 heterocycles. The highest BCUT2D eigenvalue weighted by Gasteiger charge is 2.16. The summed E-state index contributed by atoms with van der Waals surface area (Å²) in [7, 11) is 0. The molecule has 0 N–H and O–H groups in total. The van der Waals surface area contributed by atoms with Gasteiger partial charge in [0.15, 0.2) is 10.8 Å². The molecule has 0 radical (unpaired) electrons. The van der Waals surface area contributed by atoms with Gasteiger partial charge in [-0.15, -0.1) is 0 Å². The fraction of sp³-hybridized carbons (Fsp3) is 0.111. The Morgan fingerprint density at radius 2 is 1.54 bits per heavy atom. The minimum Gasteiger partial charge on any atom is -0.264 e. The number of rotatable bonds is 2. The standard InChI is InChI=1S/C18H14ClN5/c1-11-3-5-20-8-14(11)13-7-17(19)23-24-16(10-22-18(13)24)15-9-21-6-4-12(15)2/h3-10H,1-2H3. The van der Waals surface area contributed by atoms with Crippen LogP contribution in [0.4, 0.5) is 0 Å². The van der Waals surface area contributed by atoms with Crippen molar-refractivity contribution in [3.8, 4) is 22.4 Å². The van der Waals surface area contributed by atoms with E-state index in [2.05, 4.69) is 20.1 Å². The Kier molecular flexibility index (Phi) is 3.50. The number of hydrogen-bond acceptors (Lipinski definition) is 4. The van der Waals surface area contributed by atoms with Gasteiger partial charge in [-0.05, 0) is 43.2 Å². The maximum Gasteiger partial charge on any atom is 0.162 e. The van der Waals surface area contributed by atoms with Crippen molar-refractivity contribution in [2.75, 3.05) is 0 Å². The van der Waals surface area contributed by atoms with Gasteiger partial charge in [0.2, 0.25) is 0 Å². The highest BCUT2D eigenvalue weighted by molar-refractivity contribution is 6.29. The van der Waals surface area contributed by atoms with Crippen molar-refractivity contribution in [1.29, 1.82) is 0 Å². The van der Waals surface area contributed by atoms with E-state index in [9.17, 15) is 0 Å². The number of hydrogen-bond donors (Lipinski definition) is 0. The quantitative estimate of drug-likeness (QED) is 0.553. The maximum atomic E-state index is 6.29. The summed E-state index contributed by atoms with van der Waals surface area (Å²) in [5, 5.41) is 4.84. The molecular formula is C18H14ClN5. The van der Waals surface area contributed by atoms with Crippen molar-refractivity contribution in [3.63, 3.8) is 0 Å². The molecule has 118 valence electrons. The second-order valence-corrected chi connectivity index (χ2v) is 6.03. The largest absolute Gasteiger partial charge is 0.264 e. The Balaban J connectivity index is 2.03. The van der Waals surface area contributed by atoms with Gasteiger partial charge >= 0.3 is 0 Å². The van der Waals surface area contributed by atoms with Gasteiger partial charge in [0, 0.05) is 41.5 Å². The first-order chi connectivity index (χ1) is 11.6. The van der Waals surface area contributed by atoms with Crippen LogP contribution in [-0.2, 0) is 0 Å². The van der Waals surface area contributed by atoms with Gasteiger partial charge in [0.25, 0.3) is 0 Å². The summed E-state index contributed by atoms with van der Waals surface area (Å²) in [5.41, 5.74) is 6.70. The van der Waals surface area contributed by atoms with Crippen LogP contribution in [0.2, 0.25) is 5.15 Å². The maximum absolute atomic E-state index is 6.29. The van der Waals surface area contributed by atoms with Gasteiger partial charge in [-0.3, -0.25) is 9.97 Å². The SMILES string of the molecule is Cc1ccncc1-c1cc(Cl)nn2c(-c3cnccc3C)cnc12. The number of imidazole rings is 1. The lowest BCUT2D eigenvalue weighted by molar-refractivity contribution is 0.942. The summed E-state index contributed by atoms with van der Waals surface area (Å²) in [6.45, 7) is 4.07. The number of pyridine rings is 2. The van der Waals surface area contributed by atoms with Gasteiger partial charge in [-0.25, -0.2) is 9.50 Å². The molecule has 0 spiro atoms. The average Bonchev–Trinajstić information content (AvgIpc) is 2.99. The van der Waals surface area contributed by atoms with Gasteiger partial charge in [0.05, 0.1) is 11.9 Å². The zero-order chi connectivity index (χ0) is 16.7. The van der Waals surface area contributed by atoms with Crippen LogP contribution in [0.15, 0.2) is 49.2 Å². The lowest BCUT2D eigenvalue weighted by atomic mass is 10.1. The number of nitrogens with zero attached hydrogens (tertiary/aromatic N) is 5. The second kappa shape index (κ2) is 5.69. The monoisotopic (exact) mass is 335 g/mol. The van der Waals surface area contributed by atoms with Crippen LogP contribution in [-0.4, -0.2) is 24.6 Å². The lowest BCUT2D eigenvalue weighted by Crippen LogP contribution is -1.99. The molecule has 0 saturated heterocycles. The summed E-state index contributed by atoms with van der Waals surface area (Å²) in [6, 6.07) is 5.76. The zero-order valence-corrected chi connectivity index (χ0v) is 14.0. The highest BCUT2D eigenvalue weighted by atomic mass is 35.5. The van der Waals surface area contributed by atoms with Gasteiger partial charge in [0.1, 0.15) is 0 Å². The number of fused-ring (bicyclic) bond motifs is 1. The van der Waals surface area contributed by atoms with E-state index in [-0.39, 0.29) is 0 Å². The summed E-state index contributed by atoms with van der Waals surface area (Å²) in [6.07, 6.45) is 8.99. The fourth-order valence-electron chi connectivity index (χ4n) is 2.80. The molecule has 0 unspecified atom stereocenters. The van der Waals surface area contributed by atoms with Crippen molar-refractivity contribution in [3.05, 3.63) is 65.5 Å². The predicted octanol–water partition coefficient (Wildman–Crippen LogP) is 4.12. The molecule has 0 atom stereocenters. The van der Waals surface area contributed by atoms with E-state index in [1.807, 2.05) is 44.4 Å². The fourth-order valence-corrected chi connectivity index (χ4v) is 2.98. The van der Waals surface area contributed by atoms with Crippen molar-refractivity contribution >= 4 is 17.2 Å². The molecule has 0 amide bonds. The highest BCUT2D eigenvalue weighted by Crippen LogP contribution is 2.31. The molecule has 0 bridgehead atoms. The van der Waals surface area contributed by atoms with E-state index in [0.717, 1.165) is 39.2 Å². The number of aromatic nitrogens is 5. The van der Waals surface area contributed by atoms with Crippen molar-refractivity contribution in [2.24, 2.45) is 0 Å². The summed E-state index contributed by atoms with van der Waals surface area (Å²) < 4.78 is 1.77. The molecule has 0 aliphatic heterocycles. The number of halogens is 1. The third kappa shape index (κ3) is 2.34. The molecule has 5 nitrogen and oxygen atoms in total. The Morgan fingerprint density at radius 1 is 0.875 bits per heavy atom. The van der Waals surface area contributed by atoms with Crippen LogP contribution in [0.25, 0.3) is 28.0 Å². The van der Waals surface area contributed by atoms with E-state index in [4.69, 9.17) is 11.6 Å². The van der Waals surface area contributed by atoms with Crippen LogP contribution < -0.4 is 0 Å². The Bertz CT molecular complexity index is 1050. The van der Waals surface area contributed by atoms with Crippen LogP contribution in [0.1, 0.15) is 11.1 Å². The Labute approximate surface area is 144 Å². The van der Waals surface area contributed by atoms with Gasteiger partial charge in [-0.2, -0.15) is 5.10 Å². The van der Waals surface area contributed by atoms with E-state index in [0.29, 0.717) is 5.15 Å². The molecular weight excluding hydrogens is 322 g/mol. The van der Waals surface area contributed by atoms with Crippen molar-refractivity contribution in [1.82, 2.24) is 24.6 Å². The molecule has 0 aromatic carbocycles. The molecule has 0 aliphatic rings. The Hall–Kier alpha value is -2.79. The third-order valence-electron chi connectivity index (χ3n) is 4.08.